The number of H-pyrrole nitrogens is 1. The van der Waals surface area contributed by atoms with Crippen LogP contribution in [0.1, 0.15) is 24.3 Å². The first kappa shape index (κ1) is 9.99. The summed E-state index contributed by atoms with van der Waals surface area (Å²) in [6.07, 6.45) is -0.418. The zero-order valence-corrected chi connectivity index (χ0v) is 8.99. The van der Waals surface area contributed by atoms with Gasteiger partial charge in [-0.05, 0) is 25.5 Å². The van der Waals surface area contributed by atoms with Crippen LogP contribution in [-0.4, -0.2) is 10.1 Å². The Hall–Kier alpha value is -1.54. The molecule has 1 atom stereocenters. The standard InChI is InChI=1S/C13H15NO/c1-9-12(10(2)15)8-13(14-9)11-6-4-3-5-7-11/h3-8,10,14-15H,1-2H3. The van der Waals surface area contributed by atoms with E-state index in [0.29, 0.717) is 0 Å². The van der Waals surface area contributed by atoms with Crippen LogP contribution in [0.15, 0.2) is 36.4 Å². The van der Waals surface area contributed by atoms with E-state index in [1.165, 1.54) is 0 Å². The molecule has 0 saturated carbocycles. The van der Waals surface area contributed by atoms with Gasteiger partial charge in [0.25, 0.3) is 0 Å². The second-order valence-electron chi connectivity index (χ2n) is 3.81. The van der Waals surface area contributed by atoms with Crippen molar-refractivity contribution in [3.8, 4) is 11.3 Å². The summed E-state index contributed by atoms with van der Waals surface area (Å²) in [5.74, 6) is 0. The lowest BCUT2D eigenvalue weighted by atomic mass is 10.1. The zero-order valence-electron chi connectivity index (χ0n) is 8.99. The third-order valence-corrected chi connectivity index (χ3v) is 2.59. The molecule has 0 amide bonds. The predicted octanol–water partition coefficient (Wildman–Crippen LogP) is 3.04. The summed E-state index contributed by atoms with van der Waals surface area (Å²) in [7, 11) is 0. The largest absolute Gasteiger partial charge is 0.389 e. The van der Waals surface area contributed by atoms with E-state index in [4.69, 9.17) is 0 Å². The van der Waals surface area contributed by atoms with Gasteiger partial charge in [-0.15, -0.1) is 0 Å². The van der Waals surface area contributed by atoms with Crippen molar-refractivity contribution in [2.24, 2.45) is 0 Å². The summed E-state index contributed by atoms with van der Waals surface area (Å²) in [5.41, 5.74) is 4.20. The van der Waals surface area contributed by atoms with Crippen molar-refractivity contribution in [2.45, 2.75) is 20.0 Å². The van der Waals surface area contributed by atoms with Gasteiger partial charge in [0.15, 0.2) is 0 Å². The maximum atomic E-state index is 9.54. The monoisotopic (exact) mass is 201 g/mol. The molecular weight excluding hydrogens is 186 g/mol. The molecule has 0 aliphatic carbocycles. The number of aromatic nitrogens is 1. The zero-order chi connectivity index (χ0) is 10.8. The molecular formula is C13H15NO. The molecule has 1 unspecified atom stereocenters. The lowest BCUT2D eigenvalue weighted by Crippen LogP contribution is -1.90. The highest BCUT2D eigenvalue weighted by Gasteiger charge is 2.09. The van der Waals surface area contributed by atoms with Crippen LogP contribution in [0, 0.1) is 6.92 Å². The molecule has 0 aliphatic heterocycles. The van der Waals surface area contributed by atoms with Gasteiger partial charge in [0, 0.05) is 17.0 Å². The molecule has 1 aromatic heterocycles. The first-order valence-electron chi connectivity index (χ1n) is 5.11. The number of aliphatic hydroxyl groups is 1. The normalized spacial score (nSPS) is 12.7. The average Bonchev–Trinajstić information content (AvgIpc) is 2.62. The number of benzene rings is 1. The van der Waals surface area contributed by atoms with Crippen LogP contribution in [0.5, 0.6) is 0 Å². The van der Waals surface area contributed by atoms with Gasteiger partial charge in [-0.1, -0.05) is 30.3 Å². The number of nitrogens with one attached hydrogen (secondary N) is 1. The fourth-order valence-electron chi connectivity index (χ4n) is 1.78. The molecule has 0 fully saturated rings. The smallest absolute Gasteiger partial charge is 0.0779 e. The van der Waals surface area contributed by atoms with E-state index in [0.717, 1.165) is 22.5 Å². The Morgan fingerprint density at radius 2 is 1.87 bits per heavy atom. The summed E-state index contributed by atoms with van der Waals surface area (Å²) in [4.78, 5) is 3.28. The van der Waals surface area contributed by atoms with E-state index in [9.17, 15) is 5.11 Å². The van der Waals surface area contributed by atoms with Crippen molar-refractivity contribution in [1.29, 1.82) is 0 Å². The Bertz CT molecular complexity index is 443. The molecule has 2 heteroatoms. The third kappa shape index (κ3) is 1.95. The lowest BCUT2D eigenvalue weighted by molar-refractivity contribution is 0.198. The van der Waals surface area contributed by atoms with Gasteiger partial charge in [-0.25, -0.2) is 0 Å². The van der Waals surface area contributed by atoms with Crippen molar-refractivity contribution in [3.63, 3.8) is 0 Å². The van der Waals surface area contributed by atoms with Crippen LogP contribution in [0.2, 0.25) is 0 Å². The minimum atomic E-state index is -0.418. The van der Waals surface area contributed by atoms with Crippen molar-refractivity contribution in [2.75, 3.05) is 0 Å². The van der Waals surface area contributed by atoms with Gasteiger partial charge in [0.05, 0.1) is 6.10 Å². The molecule has 2 rings (SSSR count). The van der Waals surface area contributed by atoms with Crippen LogP contribution in [-0.2, 0) is 0 Å². The van der Waals surface area contributed by atoms with E-state index in [2.05, 4.69) is 17.1 Å². The predicted molar refractivity (Wildman–Crippen MR) is 61.6 cm³/mol. The molecule has 1 aromatic carbocycles. The fraction of sp³-hybridized carbons (Fsp3) is 0.231. The lowest BCUT2D eigenvalue weighted by Gasteiger charge is -2.00. The Morgan fingerprint density at radius 1 is 1.20 bits per heavy atom. The van der Waals surface area contributed by atoms with Crippen molar-refractivity contribution < 1.29 is 5.11 Å². The van der Waals surface area contributed by atoms with Gasteiger partial charge in [-0.2, -0.15) is 0 Å². The summed E-state index contributed by atoms with van der Waals surface area (Å²) in [6, 6.07) is 12.1. The maximum absolute atomic E-state index is 9.54. The van der Waals surface area contributed by atoms with Crippen molar-refractivity contribution >= 4 is 0 Å². The van der Waals surface area contributed by atoms with Crippen LogP contribution in [0.25, 0.3) is 11.3 Å². The van der Waals surface area contributed by atoms with Gasteiger partial charge in [0.2, 0.25) is 0 Å². The number of hydrogen-bond acceptors (Lipinski definition) is 1. The number of aryl methyl sites for hydroxylation is 1. The molecule has 1 heterocycles. The molecule has 0 spiro atoms. The SMILES string of the molecule is Cc1[nH]c(-c2ccccc2)cc1C(C)O. The van der Waals surface area contributed by atoms with E-state index in [-0.39, 0.29) is 0 Å². The Balaban J connectivity index is 2.43. The summed E-state index contributed by atoms with van der Waals surface area (Å²) in [5, 5.41) is 9.54. The highest BCUT2D eigenvalue weighted by Crippen LogP contribution is 2.25. The van der Waals surface area contributed by atoms with E-state index < -0.39 is 6.10 Å². The minimum Gasteiger partial charge on any atom is -0.389 e. The number of hydrogen-bond donors (Lipinski definition) is 2. The first-order chi connectivity index (χ1) is 7.18. The molecule has 2 nitrogen and oxygen atoms in total. The maximum Gasteiger partial charge on any atom is 0.0779 e. The molecule has 0 bridgehead atoms. The molecule has 0 saturated heterocycles. The number of rotatable bonds is 2. The number of aliphatic hydroxyl groups excluding tert-OH is 1. The van der Waals surface area contributed by atoms with Crippen LogP contribution >= 0.6 is 0 Å². The van der Waals surface area contributed by atoms with Crippen LogP contribution < -0.4 is 0 Å². The van der Waals surface area contributed by atoms with Crippen molar-refractivity contribution in [1.82, 2.24) is 4.98 Å². The molecule has 15 heavy (non-hydrogen) atoms. The summed E-state index contributed by atoms with van der Waals surface area (Å²) < 4.78 is 0. The second kappa shape index (κ2) is 3.91. The minimum absolute atomic E-state index is 0.418. The average molecular weight is 201 g/mol. The quantitative estimate of drug-likeness (QED) is 0.769. The van der Waals surface area contributed by atoms with E-state index >= 15 is 0 Å². The highest BCUT2D eigenvalue weighted by atomic mass is 16.3. The van der Waals surface area contributed by atoms with Gasteiger partial charge in [-0.3, -0.25) is 0 Å². The molecule has 2 aromatic rings. The summed E-state index contributed by atoms with van der Waals surface area (Å²) in [6.45, 7) is 3.76. The Labute approximate surface area is 89.6 Å². The highest BCUT2D eigenvalue weighted by molar-refractivity contribution is 5.61. The summed E-state index contributed by atoms with van der Waals surface area (Å²) >= 11 is 0. The molecule has 0 radical (unpaired) electrons. The van der Waals surface area contributed by atoms with E-state index in [1.807, 2.05) is 31.2 Å². The molecule has 2 N–H and O–H groups in total. The van der Waals surface area contributed by atoms with E-state index in [1.54, 1.807) is 6.92 Å². The molecule has 78 valence electrons. The Kier molecular flexibility index (Phi) is 2.60. The van der Waals surface area contributed by atoms with Gasteiger partial charge in [0.1, 0.15) is 0 Å². The Morgan fingerprint density at radius 3 is 2.40 bits per heavy atom. The third-order valence-electron chi connectivity index (χ3n) is 2.59. The van der Waals surface area contributed by atoms with Crippen LogP contribution in [0.4, 0.5) is 0 Å². The first-order valence-corrected chi connectivity index (χ1v) is 5.11. The van der Waals surface area contributed by atoms with Gasteiger partial charge < -0.3 is 10.1 Å². The van der Waals surface area contributed by atoms with Crippen LogP contribution in [0.3, 0.4) is 0 Å². The number of aromatic amines is 1. The fourth-order valence-corrected chi connectivity index (χ4v) is 1.78. The van der Waals surface area contributed by atoms with Gasteiger partial charge >= 0.3 is 0 Å². The molecule has 0 aliphatic rings. The topological polar surface area (TPSA) is 36.0 Å². The van der Waals surface area contributed by atoms with Crippen molar-refractivity contribution in [3.05, 3.63) is 47.7 Å². The second-order valence-corrected chi connectivity index (χ2v) is 3.81.